The summed E-state index contributed by atoms with van der Waals surface area (Å²) in [5.74, 6) is 1.25. The fraction of sp³-hybridized carbons (Fsp3) is 0.280. The Morgan fingerprint density at radius 1 is 0.974 bits per heavy atom. The molecule has 1 N–H and O–H groups in total. The summed E-state index contributed by atoms with van der Waals surface area (Å²) in [6.07, 6.45) is 5.81. The van der Waals surface area contributed by atoms with Gasteiger partial charge in [-0.05, 0) is 44.0 Å². The zero-order valence-corrected chi connectivity index (χ0v) is 20.3. The second-order valence-electron chi connectivity index (χ2n) is 9.10. The second-order valence-corrected chi connectivity index (χ2v) is 9.10. The highest BCUT2D eigenvalue weighted by molar-refractivity contribution is 5.75. The first kappa shape index (κ1) is 23.8. The van der Waals surface area contributed by atoms with Crippen molar-refractivity contribution >= 4 is 23.0 Å². The molecule has 6 rings (SSSR count). The third-order valence-corrected chi connectivity index (χ3v) is 6.72. The monoisotopic (exact) mass is 520 g/mol. The van der Waals surface area contributed by atoms with Gasteiger partial charge in [-0.2, -0.15) is 18.3 Å². The first-order chi connectivity index (χ1) is 18.4. The number of alkyl halides is 3. The molecule has 1 aliphatic heterocycles. The number of imidazole rings is 1. The molecule has 0 spiro atoms. The molecule has 0 unspecified atom stereocenters. The molecule has 1 fully saturated rings. The van der Waals surface area contributed by atoms with E-state index < -0.39 is 11.7 Å². The molecule has 0 aliphatic carbocycles. The number of aromatic nitrogens is 8. The summed E-state index contributed by atoms with van der Waals surface area (Å²) in [6, 6.07) is 7.76. The molecule has 0 amide bonds. The van der Waals surface area contributed by atoms with E-state index in [1.54, 1.807) is 11.0 Å². The van der Waals surface area contributed by atoms with Gasteiger partial charge in [-0.1, -0.05) is 0 Å². The fourth-order valence-electron chi connectivity index (χ4n) is 4.71. The van der Waals surface area contributed by atoms with Gasteiger partial charge in [0.2, 0.25) is 5.95 Å². The average Bonchev–Trinajstić information content (AvgIpc) is 3.61. The summed E-state index contributed by atoms with van der Waals surface area (Å²) in [5, 5.41) is 7.57. The van der Waals surface area contributed by atoms with E-state index in [9.17, 15) is 13.2 Å². The zero-order chi connectivity index (χ0) is 26.3. The van der Waals surface area contributed by atoms with Crippen LogP contribution in [0, 0.1) is 6.92 Å². The molecule has 0 atom stereocenters. The van der Waals surface area contributed by atoms with Crippen LogP contribution in [0.3, 0.4) is 0 Å². The predicted octanol–water partition coefficient (Wildman–Crippen LogP) is 4.55. The number of anilines is 3. The quantitative estimate of drug-likeness (QED) is 0.360. The van der Waals surface area contributed by atoms with Crippen LogP contribution in [0.2, 0.25) is 0 Å². The Hall–Kier alpha value is -4.55. The third kappa shape index (κ3) is 4.51. The number of rotatable bonds is 5. The minimum atomic E-state index is -4.45. The van der Waals surface area contributed by atoms with E-state index in [0.29, 0.717) is 24.9 Å². The lowest BCUT2D eigenvalue weighted by molar-refractivity contribution is -0.138. The van der Waals surface area contributed by atoms with Gasteiger partial charge in [-0.15, -0.1) is 0 Å². The Bertz CT molecular complexity index is 1550. The number of aryl methyl sites for hydroxylation is 1. The topological polar surface area (TPSA) is 102 Å². The Labute approximate surface area is 215 Å². The molecule has 1 saturated heterocycles. The van der Waals surface area contributed by atoms with E-state index >= 15 is 0 Å². The third-order valence-electron chi connectivity index (χ3n) is 6.72. The van der Waals surface area contributed by atoms with Crippen LogP contribution < -0.4 is 10.2 Å². The summed E-state index contributed by atoms with van der Waals surface area (Å²) in [4.78, 5) is 23.1. The summed E-state index contributed by atoms with van der Waals surface area (Å²) in [6.45, 7) is 3.21. The molecule has 1 aliphatic rings. The van der Waals surface area contributed by atoms with Crippen LogP contribution >= 0.6 is 0 Å². The highest BCUT2D eigenvalue weighted by atomic mass is 19.4. The van der Waals surface area contributed by atoms with Crippen LogP contribution in [0.1, 0.15) is 35.7 Å². The van der Waals surface area contributed by atoms with Crippen molar-refractivity contribution in [1.82, 2.24) is 39.1 Å². The molecule has 10 nitrogen and oxygen atoms in total. The highest BCUT2D eigenvalue weighted by Gasteiger charge is 2.32. The predicted molar refractivity (Wildman–Crippen MR) is 134 cm³/mol. The number of hydrogen-bond donors (Lipinski definition) is 1. The summed E-state index contributed by atoms with van der Waals surface area (Å²) in [7, 11) is 0. The maximum atomic E-state index is 12.8. The molecule has 0 saturated carbocycles. The molecule has 5 aromatic rings. The van der Waals surface area contributed by atoms with Gasteiger partial charge in [0.25, 0.3) is 0 Å². The van der Waals surface area contributed by atoms with Gasteiger partial charge in [-0.3, -0.25) is 0 Å². The first-order valence-electron chi connectivity index (χ1n) is 12.1. The molecular formula is C25H23F3N10. The van der Waals surface area contributed by atoms with Crippen LogP contribution in [0.5, 0.6) is 0 Å². The number of nitrogens with zero attached hydrogens (tertiary/aromatic N) is 9. The van der Waals surface area contributed by atoms with Gasteiger partial charge < -0.3 is 14.6 Å². The molecule has 13 heteroatoms. The average molecular weight is 521 g/mol. The molecule has 38 heavy (non-hydrogen) atoms. The second kappa shape index (κ2) is 9.39. The lowest BCUT2D eigenvalue weighted by Crippen LogP contribution is -2.34. The number of piperidine rings is 1. The Kier molecular flexibility index (Phi) is 5.89. The lowest BCUT2D eigenvalue weighted by Gasteiger charge is -2.31. The van der Waals surface area contributed by atoms with Gasteiger partial charge in [0.1, 0.15) is 12.7 Å². The Morgan fingerprint density at radius 2 is 1.76 bits per heavy atom. The van der Waals surface area contributed by atoms with Crippen LogP contribution in [0.25, 0.3) is 11.5 Å². The van der Waals surface area contributed by atoms with Gasteiger partial charge in [0, 0.05) is 49.5 Å². The molecule has 6 heterocycles. The van der Waals surface area contributed by atoms with E-state index in [2.05, 4.69) is 34.8 Å². The smallest absolute Gasteiger partial charge is 0.351 e. The van der Waals surface area contributed by atoms with E-state index in [1.165, 1.54) is 6.33 Å². The minimum absolute atomic E-state index is 0.247. The van der Waals surface area contributed by atoms with Crippen molar-refractivity contribution in [3.05, 3.63) is 78.7 Å². The fourth-order valence-corrected chi connectivity index (χ4v) is 4.71. The van der Waals surface area contributed by atoms with E-state index in [4.69, 9.17) is 4.98 Å². The van der Waals surface area contributed by atoms with Crippen LogP contribution in [0.15, 0.2) is 61.7 Å². The van der Waals surface area contributed by atoms with Crippen molar-refractivity contribution in [2.24, 2.45) is 0 Å². The van der Waals surface area contributed by atoms with Crippen molar-refractivity contribution in [2.45, 2.75) is 31.9 Å². The van der Waals surface area contributed by atoms with Gasteiger partial charge in [0.05, 0.1) is 22.6 Å². The number of pyridine rings is 2. The summed E-state index contributed by atoms with van der Waals surface area (Å²) in [5.41, 5.74) is 3.57. The maximum absolute atomic E-state index is 12.8. The molecule has 0 radical (unpaired) electrons. The molecule has 194 valence electrons. The number of hydrogen-bond acceptors (Lipinski definition) is 8. The normalized spacial score (nSPS) is 14.8. The van der Waals surface area contributed by atoms with Gasteiger partial charge in [0.15, 0.2) is 11.5 Å². The molecule has 0 bridgehead atoms. The van der Waals surface area contributed by atoms with Gasteiger partial charge in [-0.25, -0.2) is 29.6 Å². The Morgan fingerprint density at radius 3 is 2.45 bits per heavy atom. The number of nitrogens with one attached hydrogen (secondary N) is 1. The van der Waals surface area contributed by atoms with E-state index in [1.807, 2.05) is 48.5 Å². The Balaban J connectivity index is 1.17. The van der Waals surface area contributed by atoms with Crippen LogP contribution in [-0.2, 0) is 6.18 Å². The van der Waals surface area contributed by atoms with E-state index in [0.717, 1.165) is 53.6 Å². The van der Waals surface area contributed by atoms with Gasteiger partial charge >= 0.3 is 6.18 Å². The van der Waals surface area contributed by atoms with Crippen molar-refractivity contribution < 1.29 is 13.2 Å². The first-order valence-corrected chi connectivity index (χ1v) is 12.1. The minimum Gasteiger partial charge on any atom is -0.351 e. The molecule has 5 aromatic heterocycles. The van der Waals surface area contributed by atoms with Crippen molar-refractivity contribution in [1.29, 1.82) is 0 Å². The lowest BCUT2D eigenvalue weighted by atomic mass is 9.94. The van der Waals surface area contributed by atoms with Crippen molar-refractivity contribution in [3.8, 4) is 5.82 Å². The van der Waals surface area contributed by atoms with E-state index in [-0.39, 0.29) is 5.92 Å². The van der Waals surface area contributed by atoms with Crippen LogP contribution in [-0.4, -0.2) is 52.2 Å². The molecular weight excluding hydrogens is 497 g/mol. The summed E-state index contributed by atoms with van der Waals surface area (Å²) >= 11 is 0. The maximum Gasteiger partial charge on any atom is 0.419 e. The summed E-state index contributed by atoms with van der Waals surface area (Å²) < 4.78 is 42.2. The standard InChI is InChI=1S/C25H23F3N10/c1-16-19(4-5-22(34-16)38-15-29-14-33-38)35-20-3-2-8-37-21(13-30-23(20)37)17-6-9-36(10-7-17)24-31-11-18(12-32-24)25(26,27)28/h2-5,8,11-15,17,35H,6-7,9-10H2,1H3. The zero-order valence-electron chi connectivity index (χ0n) is 20.3. The van der Waals surface area contributed by atoms with Crippen molar-refractivity contribution in [2.75, 3.05) is 23.3 Å². The van der Waals surface area contributed by atoms with Crippen LogP contribution in [0.4, 0.5) is 30.5 Å². The number of fused-ring (bicyclic) bond motifs is 1. The number of halogens is 3. The largest absolute Gasteiger partial charge is 0.419 e. The SMILES string of the molecule is Cc1nc(-n2cncn2)ccc1Nc1cccn2c(C3CCN(c4ncc(C(F)(F)F)cn4)CC3)cnc12. The highest BCUT2D eigenvalue weighted by Crippen LogP contribution is 2.33. The molecule has 0 aromatic carbocycles. The van der Waals surface area contributed by atoms with Crippen molar-refractivity contribution in [3.63, 3.8) is 0 Å².